The van der Waals surface area contributed by atoms with Gasteiger partial charge in [-0.15, -0.1) is 0 Å². The summed E-state index contributed by atoms with van der Waals surface area (Å²) in [7, 11) is -3.61. The van der Waals surface area contributed by atoms with E-state index >= 15 is 0 Å². The van der Waals surface area contributed by atoms with Crippen LogP contribution in [0.1, 0.15) is 28.8 Å². The molecule has 0 bridgehead atoms. The molecule has 1 saturated carbocycles. The molecule has 0 unspecified atom stereocenters. The highest BCUT2D eigenvalue weighted by Gasteiger charge is 2.28. The lowest BCUT2D eigenvalue weighted by atomic mass is 10.1. The molecule has 1 aromatic rings. The summed E-state index contributed by atoms with van der Waals surface area (Å²) in [6.07, 6.45) is 1.67. The van der Waals surface area contributed by atoms with Gasteiger partial charge in [-0.3, -0.25) is 0 Å². The highest BCUT2D eigenvalue weighted by molar-refractivity contribution is 7.89. The summed E-state index contributed by atoms with van der Waals surface area (Å²) in [5.41, 5.74) is 0.747. The number of ether oxygens (including phenoxy) is 1. The Labute approximate surface area is 117 Å². The van der Waals surface area contributed by atoms with Gasteiger partial charge in [0.05, 0.1) is 10.5 Å². The van der Waals surface area contributed by atoms with Crippen LogP contribution < -0.4 is 4.72 Å². The Bertz CT molecular complexity index is 672. The molecule has 1 aromatic carbocycles. The van der Waals surface area contributed by atoms with Crippen molar-refractivity contribution in [3.8, 4) is 6.07 Å². The Morgan fingerprint density at radius 2 is 2.20 bits per heavy atom. The molecule has 106 valence electrons. The zero-order valence-electron chi connectivity index (χ0n) is 10.9. The van der Waals surface area contributed by atoms with Gasteiger partial charge in [-0.1, -0.05) is 6.07 Å². The van der Waals surface area contributed by atoms with Gasteiger partial charge in [0, 0.05) is 6.04 Å². The van der Waals surface area contributed by atoms with Gasteiger partial charge in [0.2, 0.25) is 10.0 Å². The van der Waals surface area contributed by atoms with Crippen LogP contribution in [0.2, 0.25) is 0 Å². The Balaban J connectivity index is 2.28. The summed E-state index contributed by atoms with van der Waals surface area (Å²) in [4.78, 5) is 11.8. The first-order valence-corrected chi connectivity index (χ1v) is 7.59. The summed E-state index contributed by atoms with van der Waals surface area (Å²) >= 11 is 0. The minimum absolute atomic E-state index is 0.00436. The highest BCUT2D eigenvalue weighted by Crippen LogP contribution is 2.23. The number of carbonyl (C=O) groups is 1. The maximum absolute atomic E-state index is 12.1. The van der Waals surface area contributed by atoms with Crippen molar-refractivity contribution < 1.29 is 17.9 Å². The Kier molecular flexibility index (Phi) is 4.06. The third-order valence-corrected chi connectivity index (χ3v) is 4.42. The molecule has 0 aliphatic heterocycles. The molecule has 1 fully saturated rings. The zero-order chi connectivity index (χ0) is 14.8. The molecule has 1 aliphatic carbocycles. The smallest absolute Gasteiger partial charge is 0.339 e. The minimum Gasteiger partial charge on any atom is -0.447 e. The summed E-state index contributed by atoms with van der Waals surface area (Å²) < 4.78 is 31.4. The average Bonchev–Trinajstić information content (AvgIpc) is 3.19. The van der Waals surface area contributed by atoms with E-state index in [4.69, 9.17) is 10.00 Å². The lowest BCUT2D eigenvalue weighted by Crippen LogP contribution is -2.26. The molecule has 0 spiro atoms. The molecule has 0 amide bonds. The van der Waals surface area contributed by atoms with Crippen LogP contribution in [-0.4, -0.2) is 27.0 Å². The molecule has 0 saturated heterocycles. The zero-order valence-corrected chi connectivity index (χ0v) is 11.7. The van der Waals surface area contributed by atoms with E-state index < -0.39 is 16.0 Å². The first-order valence-electron chi connectivity index (χ1n) is 6.11. The molecule has 0 heterocycles. The number of carbonyl (C=O) groups excluding carboxylic acids is 1. The number of rotatable bonds is 5. The standard InChI is InChI=1S/C13H14N2O4S/c1-9-2-5-11(20(17,18)15-10-3-4-10)8-12(9)13(16)19-7-6-14/h2,5,8,10,15H,3-4,7H2,1H3. The normalized spacial score (nSPS) is 14.6. The number of nitriles is 1. The predicted molar refractivity (Wildman–Crippen MR) is 70.4 cm³/mol. The van der Waals surface area contributed by atoms with Crippen molar-refractivity contribution in [1.82, 2.24) is 4.72 Å². The van der Waals surface area contributed by atoms with Crippen LogP contribution in [0.3, 0.4) is 0 Å². The van der Waals surface area contributed by atoms with Gasteiger partial charge in [0.25, 0.3) is 0 Å². The Hall–Kier alpha value is -1.91. The fourth-order valence-corrected chi connectivity index (χ4v) is 2.98. The number of nitrogens with zero attached hydrogens (tertiary/aromatic N) is 1. The topological polar surface area (TPSA) is 96.3 Å². The van der Waals surface area contributed by atoms with Crippen molar-refractivity contribution in [2.75, 3.05) is 6.61 Å². The van der Waals surface area contributed by atoms with E-state index in [0.717, 1.165) is 12.8 Å². The molecule has 0 atom stereocenters. The maximum atomic E-state index is 12.1. The van der Waals surface area contributed by atoms with E-state index in [9.17, 15) is 13.2 Å². The summed E-state index contributed by atoms with van der Waals surface area (Å²) in [5.74, 6) is -0.701. The van der Waals surface area contributed by atoms with Crippen LogP contribution in [0.4, 0.5) is 0 Å². The van der Waals surface area contributed by atoms with Gasteiger partial charge < -0.3 is 4.74 Å². The molecule has 1 N–H and O–H groups in total. The number of benzene rings is 1. The Morgan fingerprint density at radius 1 is 1.50 bits per heavy atom. The SMILES string of the molecule is Cc1ccc(S(=O)(=O)NC2CC2)cc1C(=O)OCC#N. The molecular formula is C13H14N2O4S. The van der Waals surface area contributed by atoms with Crippen LogP contribution in [0.25, 0.3) is 0 Å². The van der Waals surface area contributed by atoms with E-state index in [1.165, 1.54) is 12.1 Å². The van der Waals surface area contributed by atoms with Gasteiger partial charge in [-0.25, -0.2) is 17.9 Å². The number of sulfonamides is 1. The average molecular weight is 294 g/mol. The monoisotopic (exact) mass is 294 g/mol. The highest BCUT2D eigenvalue weighted by atomic mass is 32.2. The fourth-order valence-electron chi connectivity index (χ4n) is 1.65. The second-order valence-corrected chi connectivity index (χ2v) is 6.32. The molecule has 0 aromatic heterocycles. The number of aryl methyl sites for hydroxylation is 1. The molecule has 1 aliphatic rings. The van der Waals surface area contributed by atoms with Crippen molar-refractivity contribution in [2.24, 2.45) is 0 Å². The van der Waals surface area contributed by atoms with Gasteiger partial charge in [0.15, 0.2) is 6.61 Å². The number of esters is 1. The van der Waals surface area contributed by atoms with Gasteiger partial charge in [-0.05, 0) is 37.5 Å². The third kappa shape index (κ3) is 3.35. The Morgan fingerprint density at radius 3 is 2.80 bits per heavy atom. The van der Waals surface area contributed by atoms with Crippen molar-refractivity contribution in [1.29, 1.82) is 5.26 Å². The van der Waals surface area contributed by atoms with Crippen LogP contribution in [-0.2, 0) is 14.8 Å². The number of hydrogen-bond acceptors (Lipinski definition) is 5. The van der Waals surface area contributed by atoms with Gasteiger partial charge in [0.1, 0.15) is 6.07 Å². The summed E-state index contributed by atoms with van der Waals surface area (Å²) in [6, 6.07) is 5.96. The molecule has 20 heavy (non-hydrogen) atoms. The van der Waals surface area contributed by atoms with Crippen molar-refractivity contribution in [2.45, 2.75) is 30.7 Å². The number of nitrogens with one attached hydrogen (secondary N) is 1. The maximum Gasteiger partial charge on any atom is 0.339 e. The molecule has 2 rings (SSSR count). The lowest BCUT2D eigenvalue weighted by molar-refractivity contribution is 0.0554. The molecule has 0 radical (unpaired) electrons. The molecule has 6 nitrogen and oxygen atoms in total. The second-order valence-electron chi connectivity index (χ2n) is 4.61. The number of hydrogen-bond donors (Lipinski definition) is 1. The largest absolute Gasteiger partial charge is 0.447 e. The van der Waals surface area contributed by atoms with Crippen LogP contribution in [0, 0.1) is 18.3 Å². The first-order chi connectivity index (χ1) is 9.44. The summed E-state index contributed by atoms with van der Waals surface area (Å²) in [6.45, 7) is 1.31. The third-order valence-electron chi connectivity index (χ3n) is 2.91. The lowest BCUT2D eigenvalue weighted by Gasteiger charge is -2.09. The van der Waals surface area contributed by atoms with Crippen LogP contribution in [0.15, 0.2) is 23.1 Å². The van der Waals surface area contributed by atoms with Crippen LogP contribution in [0.5, 0.6) is 0 Å². The van der Waals surface area contributed by atoms with Crippen LogP contribution >= 0.6 is 0 Å². The molecular weight excluding hydrogens is 280 g/mol. The quantitative estimate of drug-likeness (QED) is 0.821. The molecule has 7 heteroatoms. The minimum atomic E-state index is -3.61. The fraction of sp³-hybridized carbons (Fsp3) is 0.385. The van der Waals surface area contributed by atoms with Gasteiger partial charge >= 0.3 is 5.97 Å². The second kappa shape index (κ2) is 5.61. The first kappa shape index (κ1) is 14.5. The summed E-state index contributed by atoms with van der Waals surface area (Å²) in [5, 5.41) is 8.39. The predicted octanol–water partition coefficient (Wildman–Crippen LogP) is 1.12. The van der Waals surface area contributed by atoms with Crippen molar-refractivity contribution in [3.63, 3.8) is 0 Å². The van der Waals surface area contributed by atoms with Crippen molar-refractivity contribution in [3.05, 3.63) is 29.3 Å². The van der Waals surface area contributed by atoms with E-state index in [1.807, 2.05) is 0 Å². The van der Waals surface area contributed by atoms with E-state index in [1.54, 1.807) is 19.1 Å². The van der Waals surface area contributed by atoms with Gasteiger partial charge in [-0.2, -0.15) is 5.26 Å². The van der Waals surface area contributed by atoms with E-state index in [0.29, 0.717) is 5.56 Å². The van der Waals surface area contributed by atoms with Crippen molar-refractivity contribution >= 4 is 16.0 Å². The van der Waals surface area contributed by atoms with E-state index in [2.05, 4.69) is 4.72 Å². The van der Waals surface area contributed by atoms with E-state index in [-0.39, 0.29) is 23.1 Å².